The molecule has 0 saturated heterocycles. The van der Waals surface area contributed by atoms with Crippen molar-refractivity contribution < 1.29 is 9.47 Å². The van der Waals surface area contributed by atoms with Crippen LogP contribution in [0.25, 0.3) is 0 Å². The molecule has 110 valence electrons. The van der Waals surface area contributed by atoms with Gasteiger partial charge in [-0.1, -0.05) is 19.1 Å². The average Bonchev–Trinajstić information content (AvgIpc) is 2.78. The molecule has 3 rings (SSSR count). The molecule has 21 heavy (non-hydrogen) atoms. The van der Waals surface area contributed by atoms with Crippen LogP contribution in [-0.2, 0) is 0 Å². The number of hydrogen-bond acceptors (Lipinski definition) is 4. The van der Waals surface area contributed by atoms with E-state index in [-0.39, 0.29) is 6.04 Å². The Kier molecular flexibility index (Phi) is 4.36. The van der Waals surface area contributed by atoms with Crippen molar-refractivity contribution in [2.75, 3.05) is 19.8 Å². The van der Waals surface area contributed by atoms with E-state index in [2.05, 4.69) is 35.4 Å². The maximum absolute atomic E-state index is 5.78. The Bertz CT molecular complexity index is 587. The second-order valence-corrected chi connectivity index (χ2v) is 5.03. The molecule has 2 aromatic rings. The number of nitrogens with zero attached hydrogens (tertiary/aromatic N) is 1. The number of hydrogen-bond donors (Lipinski definition) is 1. The van der Waals surface area contributed by atoms with Gasteiger partial charge in [-0.2, -0.15) is 0 Å². The lowest BCUT2D eigenvalue weighted by Gasteiger charge is -2.20. The highest BCUT2D eigenvalue weighted by molar-refractivity contribution is 5.46. The maximum Gasteiger partial charge on any atom is 0.161 e. The lowest BCUT2D eigenvalue weighted by atomic mass is 9.99. The summed E-state index contributed by atoms with van der Waals surface area (Å²) in [6.07, 6.45) is 4.61. The number of ether oxygens (including phenoxy) is 2. The van der Waals surface area contributed by atoms with Gasteiger partial charge in [0.25, 0.3) is 0 Å². The molecule has 1 unspecified atom stereocenters. The third-order valence-electron chi connectivity index (χ3n) is 3.53. The SMILES string of the molecule is CCNC(c1cccnc1)c1ccc2c(c1)OCCCO2. The van der Waals surface area contributed by atoms with Gasteiger partial charge in [0.15, 0.2) is 11.5 Å². The molecule has 0 spiro atoms. The van der Waals surface area contributed by atoms with Gasteiger partial charge in [-0.25, -0.2) is 0 Å². The Labute approximate surface area is 125 Å². The number of nitrogens with one attached hydrogen (secondary N) is 1. The molecule has 1 atom stereocenters. The highest BCUT2D eigenvalue weighted by atomic mass is 16.5. The third kappa shape index (κ3) is 3.16. The van der Waals surface area contributed by atoms with Gasteiger partial charge in [0.1, 0.15) is 0 Å². The lowest BCUT2D eigenvalue weighted by molar-refractivity contribution is 0.297. The summed E-state index contributed by atoms with van der Waals surface area (Å²) in [5, 5.41) is 3.50. The third-order valence-corrected chi connectivity index (χ3v) is 3.53. The first-order chi connectivity index (χ1) is 10.4. The molecule has 1 aromatic carbocycles. The first-order valence-corrected chi connectivity index (χ1v) is 7.41. The second-order valence-electron chi connectivity index (χ2n) is 5.03. The Balaban J connectivity index is 1.94. The number of aromatic nitrogens is 1. The standard InChI is InChI=1S/C17H20N2O2/c1-2-19-17(14-5-3-8-18-12-14)13-6-7-15-16(11-13)21-10-4-9-20-15/h3,5-8,11-12,17,19H,2,4,9-10H2,1H3. The Morgan fingerprint density at radius 3 is 2.76 bits per heavy atom. The monoisotopic (exact) mass is 284 g/mol. The molecule has 0 fully saturated rings. The van der Waals surface area contributed by atoms with Gasteiger partial charge < -0.3 is 14.8 Å². The highest BCUT2D eigenvalue weighted by Gasteiger charge is 2.17. The molecule has 1 aliphatic rings. The largest absolute Gasteiger partial charge is 0.490 e. The van der Waals surface area contributed by atoms with Gasteiger partial charge in [-0.15, -0.1) is 0 Å². The zero-order valence-electron chi connectivity index (χ0n) is 12.2. The summed E-state index contributed by atoms with van der Waals surface area (Å²) in [4.78, 5) is 4.22. The van der Waals surface area contributed by atoms with Crippen molar-refractivity contribution in [3.8, 4) is 11.5 Å². The van der Waals surface area contributed by atoms with Crippen LogP contribution in [0.1, 0.15) is 30.5 Å². The summed E-state index contributed by atoms with van der Waals surface area (Å²) in [5.74, 6) is 1.66. The number of pyridine rings is 1. The molecule has 1 aromatic heterocycles. The summed E-state index contributed by atoms with van der Waals surface area (Å²) in [6, 6.07) is 10.3. The molecule has 1 N–H and O–H groups in total. The van der Waals surface area contributed by atoms with Crippen LogP contribution < -0.4 is 14.8 Å². The van der Waals surface area contributed by atoms with E-state index in [0.717, 1.165) is 35.6 Å². The first-order valence-electron chi connectivity index (χ1n) is 7.41. The van der Waals surface area contributed by atoms with Crippen LogP contribution in [0.5, 0.6) is 11.5 Å². The van der Waals surface area contributed by atoms with Crippen LogP contribution in [0.3, 0.4) is 0 Å². The van der Waals surface area contributed by atoms with E-state index < -0.39 is 0 Å². The van der Waals surface area contributed by atoms with Crippen LogP contribution in [-0.4, -0.2) is 24.7 Å². The lowest BCUT2D eigenvalue weighted by Crippen LogP contribution is -2.22. The topological polar surface area (TPSA) is 43.4 Å². The second kappa shape index (κ2) is 6.59. The van der Waals surface area contributed by atoms with Gasteiger partial charge in [0, 0.05) is 18.8 Å². The Hall–Kier alpha value is -2.07. The molecule has 0 bridgehead atoms. The van der Waals surface area contributed by atoms with Crippen molar-refractivity contribution in [1.29, 1.82) is 0 Å². The predicted octanol–water partition coefficient (Wildman–Crippen LogP) is 2.94. The summed E-state index contributed by atoms with van der Waals surface area (Å²) in [5.41, 5.74) is 2.31. The van der Waals surface area contributed by atoms with E-state index in [1.165, 1.54) is 0 Å². The van der Waals surface area contributed by atoms with Gasteiger partial charge in [-0.05, 0) is 35.9 Å². The smallest absolute Gasteiger partial charge is 0.161 e. The van der Waals surface area contributed by atoms with Crippen molar-refractivity contribution in [2.24, 2.45) is 0 Å². The number of benzene rings is 1. The number of rotatable bonds is 4. The fourth-order valence-electron chi connectivity index (χ4n) is 2.54. The molecule has 4 nitrogen and oxygen atoms in total. The van der Waals surface area contributed by atoms with Crippen LogP contribution in [0.15, 0.2) is 42.7 Å². The molecule has 1 aliphatic heterocycles. The molecular weight excluding hydrogens is 264 g/mol. The number of fused-ring (bicyclic) bond motifs is 1. The Morgan fingerprint density at radius 2 is 2.00 bits per heavy atom. The van der Waals surface area contributed by atoms with E-state index >= 15 is 0 Å². The minimum Gasteiger partial charge on any atom is -0.490 e. The summed E-state index contributed by atoms with van der Waals surface area (Å²) in [7, 11) is 0. The van der Waals surface area contributed by atoms with E-state index in [1.54, 1.807) is 6.20 Å². The van der Waals surface area contributed by atoms with Gasteiger partial charge in [0.05, 0.1) is 19.3 Å². The van der Waals surface area contributed by atoms with Gasteiger partial charge in [-0.3, -0.25) is 4.98 Å². The van der Waals surface area contributed by atoms with E-state index in [1.807, 2.05) is 18.3 Å². The van der Waals surface area contributed by atoms with Crippen molar-refractivity contribution in [2.45, 2.75) is 19.4 Å². The summed E-state index contributed by atoms with van der Waals surface area (Å²) >= 11 is 0. The normalized spacial score (nSPS) is 15.3. The fraction of sp³-hybridized carbons (Fsp3) is 0.353. The van der Waals surface area contributed by atoms with E-state index in [4.69, 9.17) is 9.47 Å². The molecule has 0 radical (unpaired) electrons. The zero-order chi connectivity index (χ0) is 14.5. The maximum atomic E-state index is 5.78. The highest BCUT2D eigenvalue weighted by Crippen LogP contribution is 2.33. The quantitative estimate of drug-likeness (QED) is 0.937. The minimum absolute atomic E-state index is 0.112. The predicted molar refractivity (Wildman–Crippen MR) is 81.8 cm³/mol. The molecule has 0 amide bonds. The fourth-order valence-corrected chi connectivity index (χ4v) is 2.54. The van der Waals surface area contributed by atoms with Crippen molar-refractivity contribution in [1.82, 2.24) is 10.3 Å². The van der Waals surface area contributed by atoms with Crippen molar-refractivity contribution >= 4 is 0 Å². The van der Waals surface area contributed by atoms with Gasteiger partial charge in [0.2, 0.25) is 0 Å². The summed E-state index contributed by atoms with van der Waals surface area (Å²) in [6.45, 7) is 4.40. The molecule has 4 heteroatoms. The Morgan fingerprint density at radius 1 is 1.14 bits per heavy atom. The van der Waals surface area contributed by atoms with E-state index in [9.17, 15) is 0 Å². The van der Waals surface area contributed by atoms with Crippen LogP contribution >= 0.6 is 0 Å². The van der Waals surface area contributed by atoms with Crippen LogP contribution in [0.4, 0.5) is 0 Å². The molecule has 0 saturated carbocycles. The average molecular weight is 284 g/mol. The molecular formula is C17H20N2O2. The van der Waals surface area contributed by atoms with Crippen LogP contribution in [0, 0.1) is 0 Å². The van der Waals surface area contributed by atoms with Crippen molar-refractivity contribution in [3.63, 3.8) is 0 Å². The molecule has 2 heterocycles. The zero-order valence-corrected chi connectivity index (χ0v) is 12.2. The van der Waals surface area contributed by atoms with Gasteiger partial charge >= 0.3 is 0 Å². The minimum atomic E-state index is 0.112. The van der Waals surface area contributed by atoms with E-state index in [0.29, 0.717) is 13.2 Å². The van der Waals surface area contributed by atoms with Crippen LogP contribution in [0.2, 0.25) is 0 Å². The van der Waals surface area contributed by atoms with Crippen molar-refractivity contribution in [3.05, 3.63) is 53.9 Å². The summed E-state index contributed by atoms with van der Waals surface area (Å²) < 4.78 is 11.5. The first kappa shape index (κ1) is 13.9. The molecule has 0 aliphatic carbocycles.